The van der Waals surface area contributed by atoms with Gasteiger partial charge in [0.05, 0.1) is 29.4 Å². The summed E-state index contributed by atoms with van der Waals surface area (Å²) < 4.78 is 93.1. The van der Waals surface area contributed by atoms with E-state index in [-0.39, 0.29) is 36.9 Å². The van der Waals surface area contributed by atoms with Gasteiger partial charge < -0.3 is 22.5 Å². The number of anilines is 2. The number of nitrogen functional groups attached to an aromatic ring is 1. The number of sulfonamides is 2. The van der Waals surface area contributed by atoms with Gasteiger partial charge in [-0.2, -0.15) is 0 Å². The van der Waals surface area contributed by atoms with E-state index in [1.165, 1.54) is 83.6 Å². The lowest BCUT2D eigenvalue weighted by Crippen LogP contribution is -2.18. The van der Waals surface area contributed by atoms with Crippen LogP contribution in [0.15, 0.2) is 117 Å². The summed E-state index contributed by atoms with van der Waals surface area (Å²) in [7, 11) is -7.62. The lowest BCUT2D eigenvalue weighted by molar-refractivity contribution is -0.385. The molecule has 21 nitrogen and oxygen atoms in total. The topological polar surface area (TPSA) is 354 Å². The van der Waals surface area contributed by atoms with Gasteiger partial charge in [-0.15, -0.1) is 0 Å². The van der Waals surface area contributed by atoms with Crippen molar-refractivity contribution in [3.05, 3.63) is 117 Å². The summed E-state index contributed by atoms with van der Waals surface area (Å²) in [6, 6.07) is 21.4. The van der Waals surface area contributed by atoms with Crippen LogP contribution in [-0.4, -0.2) is 90.1 Å². The molecule has 1 amide bonds. The molecule has 0 aliphatic heterocycles. The van der Waals surface area contributed by atoms with Gasteiger partial charge in [0, 0.05) is 55.1 Å². The Morgan fingerprint density at radius 1 is 0.526 bits per heavy atom. The van der Waals surface area contributed by atoms with Crippen molar-refractivity contribution in [1.29, 1.82) is 0 Å². The molecule has 0 spiro atoms. The molecule has 57 heavy (non-hydrogen) atoms. The van der Waals surface area contributed by atoms with E-state index >= 15 is 0 Å². The highest BCUT2D eigenvalue weighted by atomic mass is 32.2. The normalized spacial score (nSPS) is 10.6. The Bertz CT molecular complexity index is 2330. The summed E-state index contributed by atoms with van der Waals surface area (Å²) in [5, 5.41) is 23.0. The first kappa shape index (κ1) is 53.7. The fourth-order valence-electron chi connectivity index (χ4n) is 3.43. The van der Waals surface area contributed by atoms with Crippen LogP contribution in [-0.2, 0) is 44.5 Å². The molecular formula is C32H46N8O13S4. The monoisotopic (exact) mass is 878 g/mol. The number of nitrogens with zero attached hydrogens (tertiary/aromatic N) is 2. The van der Waals surface area contributed by atoms with Crippen LogP contribution in [0.4, 0.5) is 22.7 Å². The van der Waals surface area contributed by atoms with Gasteiger partial charge in [-0.05, 0) is 101 Å². The Balaban J connectivity index is 0. The number of carbonyl (C=O) groups excluding carboxylic acids is 1. The number of rotatable bonds is 9. The number of nitro benzene ring substituents is 2. The molecule has 0 saturated carbocycles. The van der Waals surface area contributed by atoms with Gasteiger partial charge >= 0.3 is 0 Å². The number of benzene rings is 4. The van der Waals surface area contributed by atoms with Crippen LogP contribution in [0.1, 0.15) is 6.92 Å². The minimum absolute atomic E-state index is 0.00519. The molecule has 0 radical (unpaired) electrons. The molecule has 0 fully saturated rings. The maximum Gasteiger partial charge on any atom is 0.269 e. The number of sulfone groups is 2. The third-order valence-corrected chi connectivity index (χ3v) is 11.3. The Morgan fingerprint density at radius 2 is 0.789 bits per heavy atom. The highest BCUT2D eigenvalue weighted by Gasteiger charge is 2.13. The van der Waals surface area contributed by atoms with Gasteiger partial charge in [-0.3, -0.25) is 25.0 Å². The molecule has 0 atom stereocenters. The Kier molecular flexibility index (Phi) is 23.5. The van der Waals surface area contributed by atoms with Crippen LogP contribution in [0.25, 0.3) is 0 Å². The van der Waals surface area contributed by atoms with Crippen LogP contribution < -0.4 is 32.0 Å². The zero-order valence-corrected chi connectivity index (χ0v) is 35.1. The number of hydrogen-bond acceptors (Lipinski definition) is 16. The van der Waals surface area contributed by atoms with Gasteiger partial charge in [-0.25, -0.2) is 43.1 Å². The minimum atomic E-state index is -3.51. The van der Waals surface area contributed by atoms with Crippen LogP contribution in [0.2, 0.25) is 0 Å². The Hall–Kier alpha value is -5.41. The number of amides is 1. The molecule has 0 bridgehead atoms. The molecule has 0 aromatic heterocycles. The van der Waals surface area contributed by atoms with E-state index in [2.05, 4.69) is 26.2 Å². The smallest absolute Gasteiger partial charge is 0.269 e. The molecular weight excluding hydrogens is 833 g/mol. The van der Waals surface area contributed by atoms with Crippen LogP contribution in [0.3, 0.4) is 0 Å². The fourth-order valence-corrected chi connectivity index (χ4v) is 6.15. The largest absolute Gasteiger partial charge is 0.399 e. The zero-order chi connectivity index (χ0) is 44.8. The summed E-state index contributed by atoms with van der Waals surface area (Å²) in [6.07, 6.45) is 2.19. The van der Waals surface area contributed by atoms with Crippen LogP contribution >= 0.6 is 0 Å². The zero-order valence-electron chi connectivity index (χ0n) is 31.8. The first-order valence-electron chi connectivity index (χ1n) is 15.5. The van der Waals surface area contributed by atoms with E-state index in [4.69, 9.17) is 5.73 Å². The molecule has 25 heteroatoms. The first-order valence-corrected chi connectivity index (χ1v) is 22.2. The van der Waals surface area contributed by atoms with Crippen molar-refractivity contribution in [1.82, 2.24) is 9.44 Å². The first-order chi connectivity index (χ1) is 26.3. The molecule has 4 rings (SSSR count). The van der Waals surface area contributed by atoms with E-state index in [1.807, 2.05) is 0 Å². The van der Waals surface area contributed by atoms with Gasteiger partial charge in [-0.1, -0.05) is 0 Å². The Labute approximate surface area is 331 Å². The van der Waals surface area contributed by atoms with Crippen molar-refractivity contribution in [2.75, 3.05) is 51.8 Å². The van der Waals surface area contributed by atoms with Gasteiger partial charge in [0.25, 0.3) is 11.4 Å². The molecule has 0 aliphatic rings. The van der Waals surface area contributed by atoms with E-state index < -0.39 is 49.6 Å². The summed E-state index contributed by atoms with van der Waals surface area (Å²) in [4.78, 5) is 30.5. The molecule has 0 saturated heterocycles. The highest BCUT2D eigenvalue weighted by Crippen LogP contribution is 2.17. The second-order valence-electron chi connectivity index (χ2n) is 10.2. The lowest BCUT2D eigenvalue weighted by atomic mass is 10.3. The predicted molar refractivity (Wildman–Crippen MR) is 217 cm³/mol. The number of nitro groups is 2. The van der Waals surface area contributed by atoms with Gasteiger partial charge in [0.1, 0.15) is 0 Å². The average molecular weight is 879 g/mol. The molecule has 4 aromatic rings. The van der Waals surface area contributed by atoms with Crippen LogP contribution in [0, 0.1) is 20.2 Å². The average Bonchev–Trinajstić information content (AvgIpc) is 3.16. The van der Waals surface area contributed by atoms with Crippen molar-refractivity contribution in [3.8, 4) is 0 Å². The highest BCUT2D eigenvalue weighted by molar-refractivity contribution is 7.91. The quantitative estimate of drug-likeness (QED) is 0.0794. The fraction of sp³-hybridized carbons (Fsp3) is 0.219. The molecule has 0 aliphatic carbocycles. The molecule has 9 N–H and O–H groups in total. The van der Waals surface area contributed by atoms with E-state index in [1.54, 1.807) is 24.3 Å². The standard InChI is InChI=1S/C9H11NO3S.C7H8N2O4S.C7H10N2O2S.C7H7NO4S.2CH5N/c1-7(11)10-8-3-5-9(6-4-8)14(2,12)13;1-8-14(12,13)7-4-2-6(3-5-7)9(10)11;1-9-12(10,11)7-4-2-6(8)3-5-7;1-13(11,12)7-4-2-6(3-5-7)8(9)10;2*1-2/h3-6H,1-2H3,(H,10,11);2-5,8H,1H3;2-5,9H,8H2,1H3;2-5H,1H3;2*2H2,1H3. The minimum Gasteiger partial charge on any atom is -0.399 e. The predicted octanol–water partition coefficient (Wildman–Crippen LogP) is 1.88. The third-order valence-electron chi connectivity index (χ3n) is 6.16. The summed E-state index contributed by atoms with van der Waals surface area (Å²) in [6.45, 7) is 1.39. The van der Waals surface area contributed by atoms with Crippen molar-refractivity contribution >= 4 is 68.4 Å². The van der Waals surface area contributed by atoms with E-state index in [9.17, 15) is 58.7 Å². The molecule has 0 unspecified atom stereocenters. The van der Waals surface area contributed by atoms with Crippen molar-refractivity contribution in [2.45, 2.75) is 26.5 Å². The number of non-ortho nitro benzene ring substituents is 2. The van der Waals surface area contributed by atoms with Crippen molar-refractivity contribution in [2.24, 2.45) is 11.5 Å². The van der Waals surface area contributed by atoms with Crippen LogP contribution in [0.5, 0.6) is 0 Å². The maximum atomic E-state index is 11.2. The second kappa shape index (κ2) is 25.0. The maximum absolute atomic E-state index is 11.2. The van der Waals surface area contributed by atoms with Gasteiger partial charge in [0.15, 0.2) is 19.7 Å². The lowest BCUT2D eigenvalue weighted by Gasteiger charge is -2.02. The number of nitrogens with one attached hydrogen (secondary N) is 3. The third kappa shape index (κ3) is 20.4. The SMILES string of the molecule is CC(=O)Nc1ccc(S(C)(=O)=O)cc1.CN.CN.CNS(=O)(=O)c1ccc(N)cc1.CNS(=O)(=O)c1ccc([N+](=O)[O-])cc1.CS(=O)(=O)c1ccc([N+](=O)[O-])cc1. The molecule has 4 aromatic carbocycles. The summed E-state index contributed by atoms with van der Waals surface area (Å²) in [5.41, 5.74) is 15.3. The van der Waals surface area contributed by atoms with E-state index in [0.29, 0.717) is 11.4 Å². The van der Waals surface area contributed by atoms with E-state index in [0.717, 1.165) is 36.8 Å². The molecule has 316 valence electrons. The molecule has 0 heterocycles. The Morgan fingerprint density at radius 3 is 1.04 bits per heavy atom. The number of carbonyl (C=O) groups is 1. The second-order valence-corrected chi connectivity index (χ2v) is 18.0. The summed E-state index contributed by atoms with van der Waals surface area (Å²) >= 11 is 0. The number of hydrogen-bond donors (Lipinski definition) is 6. The van der Waals surface area contributed by atoms with Crippen molar-refractivity contribution < 1.29 is 48.3 Å². The number of nitrogens with two attached hydrogens (primary N) is 3. The van der Waals surface area contributed by atoms with Crippen molar-refractivity contribution in [3.63, 3.8) is 0 Å². The van der Waals surface area contributed by atoms with Gasteiger partial charge in [0.2, 0.25) is 26.0 Å². The summed E-state index contributed by atoms with van der Waals surface area (Å²) in [5.74, 6) is -0.183.